The maximum atomic E-state index is 11.3. The van der Waals surface area contributed by atoms with Crippen molar-refractivity contribution in [3.05, 3.63) is 0 Å². The van der Waals surface area contributed by atoms with E-state index in [-0.39, 0.29) is 0 Å². The molecule has 0 fully saturated rings. The van der Waals surface area contributed by atoms with Gasteiger partial charge in [-0.15, -0.1) is 0 Å². The Morgan fingerprint density at radius 1 is 0.722 bits per heavy atom. The summed E-state index contributed by atoms with van der Waals surface area (Å²) in [5.74, 6) is 0.985. The van der Waals surface area contributed by atoms with Gasteiger partial charge in [0.15, 0.2) is 0 Å². The molecule has 0 aliphatic carbocycles. The van der Waals surface area contributed by atoms with Crippen molar-refractivity contribution >= 4 is 6.29 Å². The molecule has 0 aliphatic heterocycles. The molecule has 2 unspecified atom stereocenters. The summed E-state index contributed by atoms with van der Waals surface area (Å²) in [6.07, 6.45) is 15.2. The molecular formula is C17H34O. The van der Waals surface area contributed by atoms with Crippen molar-refractivity contribution in [3.63, 3.8) is 0 Å². The second-order valence-electron chi connectivity index (χ2n) is 5.69. The van der Waals surface area contributed by atoms with Crippen molar-refractivity contribution in [1.29, 1.82) is 0 Å². The lowest BCUT2D eigenvalue weighted by Gasteiger charge is -2.22. The summed E-state index contributed by atoms with van der Waals surface area (Å²) in [7, 11) is 0. The van der Waals surface area contributed by atoms with E-state index in [1.165, 1.54) is 70.5 Å². The van der Waals surface area contributed by atoms with E-state index < -0.39 is 0 Å². The zero-order valence-corrected chi connectivity index (χ0v) is 12.9. The molecule has 0 saturated carbocycles. The Bertz CT molecular complexity index is 176. The second-order valence-corrected chi connectivity index (χ2v) is 5.69. The smallest absolute Gasteiger partial charge is 0.123 e. The topological polar surface area (TPSA) is 17.1 Å². The Morgan fingerprint density at radius 3 is 1.89 bits per heavy atom. The standard InChI is InChI=1S/C17H34O/c1-4-7-9-11-13-16(12-6-3)17(15-18)14-10-8-5-2/h15-17H,4-14H2,1-3H3. The number of carbonyl (C=O) groups excluding carboxylic acids is 1. The third kappa shape index (κ3) is 8.72. The van der Waals surface area contributed by atoms with Crippen LogP contribution in [0.15, 0.2) is 0 Å². The van der Waals surface area contributed by atoms with Crippen LogP contribution < -0.4 is 0 Å². The van der Waals surface area contributed by atoms with Crippen LogP contribution in [-0.4, -0.2) is 6.29 Å². The molecule has 0 spiro atoms. The highest BCUT2D eigenvalue weighted by molar-refractivity contribution is 5.53. The van der Waals surface area contributed by atoms with E-state index in [2.05, 4.69) is 20.8 Å². The predicted molar refractivity (Wildman–Crippen MR) is 80.9 cm³/mol. The molecule has 1 heteroatoms. The molecule has 2 atom stereocenters. The first-order chi connectivity index (χ1) is 8.79. The highest BCUT2D eigenvalue weighted by Crippen LogP contribution is 2.27. The number of hydrogen-bond donors (Lipinski definition) is 0. The molecule has 0 aliphatic rings. The van der Waals surface area contributed by atoms with Crippen LogP contribution >= 0.6 is 0 Å². The molecular weight excluding hydrogens is 220 g/mol. The van der Waals surface area contributed by atoms with E-state index in [0.717, 1.165) is 6.42 Å². The monoisotopic (exact) mass is 254 g/mol. The summed E-state index contributed by atoms with van der Waals surface area (Å²) >= 11 is 0. The third-order valence-electron chi connectivity index (χ3n) is 4.01. The molecule has 0 saturated heterocycles. The van der Waals surface area contributed by atoms with Gasteiger partial charge in [-0.2, -0.15) is 0 Å². The number of hydrogen-bond acceptors (Lipinski definition) is 1. The van der Waals surface area contributed by atoms with Crippen molar-refractivity contribution < 1.29 is 4.79 Å². The number of unbranched alkanes of at least 4 members (excludes halogenated alkanes) is 5. The Kier molecular flexibility index (Phi) is 12.9. The van der Waals surface area contributed by atoms with Gasteiger partial charge in [0.25, 0.3) is 0 Å². The summed E-state index contributed by atoms with van der Waals surface area (Å²) in [5.41, 5.74) is 0. The first kappa shape index (κ1) is 17.7. The Morgan fingerprint density at radius 2 is 1.33 bits per heavy atom. The fourth-order valence-electron chi connectivity index (χ4n) is 2.82. The Hall–Kier alpha value is -0.330. The lowest BCUT2D eigenvalue weighted by atomic mass is 9.82. The lowest BCUT2D eigenvalue weighted by Crippen LogP contribution is -2.16. The van der Waals surface area contributed by atoms with Crippen LogP contribution in [-0.2, 0) is 4.79 Å². The molecule has 18 heavy (non-hydrogen) atoms. The average Bonchev–Trinajstić information content (AvgIpc) is 2.39. The van der Waals surface area contributed by atoms with E-state index in [1.807, 2.05) is 0 Å². The van der Waals surface area contributed by atoms with Crippen molar-refractivity contribution in [3.8, 4) is 0 Å². The minimum absolute atomic E-state index is 0.332. The van der Waals surface area contributed by atoms with Gasteiger partial charge in [0.1, 0.15) is 6.29 Å². The van der Waals surface area contributed by atoms with E-state index in [1.54, 1.807) is 0 Å². The van der Waals surface area contributed by atoms with Crippen LogP contribution in [0.2, 0.25) is 0 Å². The van der Waals surface area contributed by atoms with Crippen molar-refractivity contribution in [1.82, 2.24) is 0 Å². The van der Waals surface area contributed by atoms with E-state index in [9.17, 15) is 4.79 Å². The molecule has 1 nitrogen and oxygen atoms in total. The van der Waals surface area contributed by atoms with Crippen LogP contribution in [0.4, 0.5) is 0 Å². The first-order valence-corrected chi connectivity index (χ1v) is 8.25. The number of carbonyl (C=O) groups is 1. The van der Waals surface area contributed by atoms with Crippen LogP contribution in [0, 0.1) is 11.8 Å². The lowest BCUT2D eigenvalue weighted by molar-refractivity contribution is -0.113. The summed E-state index contributed by atoms with van der Waals surface area (Å²) in [6.45, 7) is 6.72. The molecule has 0 heterocycles. The summed E-state index contributed by atoms with van der Waals surface area (Å²) in [5, 5.41) is 0. The van der Waals surface area contributed by atoms with Crippen LogP contribution in [0.5, 0.6) is 0 Å². The van der Waals surface area contributed by atoms with Gasteiger partial charge in [0.2, 0.25) is 0 Å². The van der Waals surface area contributed by atoms with Gasteiger partial charge in [0.05, 0.1) is 0 Å². The van der Waals surface area contributed by atoms with Gasteiger partial charge in [-0.3, -0.25) is 0 Å². The molecule has 0 aromatic rings. The zero-order valence-electron chi connectivity index (χ0n) is 12.9. The first-order valence-electron chi connectivity index (χ1n) is 8.25. The summed E-state index contributed by atoms with van der Waals surface area (Å²) in [6, 6.07) is 0. The van der Waals surface area contributed by atoms with E-state index in [0.29, 0.717) is 11.8 Å². The molecule has 108 valence electrons. The summed E-state index contributed by atoms with van der Waals surface area (Å²) in [4.78, 5) is 11.3. The van der Waals surface area contributed by atoms with Gasteiger partial charge in [-0.05, 0) is 18.8 Å². The normalized spacial score (nSPS) is 14.4. The van der Waals surface area contributed by atoms with E-state index >= 15 is 0 Å². The molecule has 0 rings (SSSR count). The van der Waals surface area contributed by atoms with Gasteiger partial charge < -0.3 is 4.79 Å². The summed E-state index contributed by atoms with van der Waals surface area (Å²) < 4.78 is 0. The second kappa shape index (κ2) is 13.1. The molecule has 0 amide bonds. The zero-order chi connectivity index (χ0) is 13.6. The highest BCUT2D eigenvalue weighted by Gasteiger charge is 2.19. The van der Waals surface area contributed by atoms with Gasteiger partial charge in [0, 0.05) is 5.92 Å². The molecule has 0 aromatic carbocycles. The van der Waals surface area contributed by atoms with Crippen LogP contribution in [0.25, 0.3) is 0 Å². The number of rotatable bonds is 13. The SMILES string of the molecule is CCCCCCC(CCC)C(C=O)CCCCC. The average molecular weight is 254 g/mol. The predicted octanol–water partition coefficient (Wildman–Crippen LogP) is 5.77. The quantitative estimate of drug-likeness (QED) is 0.301. The van der Waals surface area contributed by atoms with Gasteiger partial charge in [-0.25, -0.2) is 0 Å². The van der Waals surface area contributed by atoms with Crippen molar-refractivity contribution in [2.45, 2.75) is 91.4 Å². The van der Waals surface area contributed by atoms with Crippen LogP contribution in [0.3, 0.4) is 0 Å². The van der Waals surface area contributed by atoms with Crippen molar-refractivity contribution in [2.24, 2.45) is 11.8 Å². The molecule has 0 N–H and O–H groups in total. The fourth-order valence-corrected chi connectivity index (χ4v) is 2.82. The van der Waals surface area contributed by atoms with Crippen LogP contribution in [0.1, 0.15) is 91.4 Å². The van der Waals surface area contributed by atoms with Gasteiger partial charge in [-0.1, -0.05) is 78.6 Å². The largest absolute Gasteiger partial charge is 0.303 e. The third-order valence-corrected chi connectivity index (χ3v) is 4.01. The minimum atomic E-state index is 0.332. The van der Waals surface area contributed by atoms with Gasteiger partial charge >= 0.3 is 0 Å². The molecule has 0 radical (unpaired) electrons. The Labute approximate surface area is 115 Å². The van der Waals surface area contributed by atoms with E-state index in [4.69, 9.17) is 0 Å². The Balaban J connectivity index is 4.02. The minimum Gasteiger partial charge on any atom is -0.303 e. The highest BCUT2D eigenvalue weighted by atomic mass is 16.1. The fraction of sp³-hybridized carbons (Fsp3) is 0.941. The maximum absolute atomic E-state index is 11.3. The van der Waals surface area contributed by atoms with Crippen molar-refractivity contribution in [2.75, 3.05) is 0 Å². The maximum Gasteiger partial charge on any atom is 0.123 e. The molecule has 0 bridgehead atoms. The number of aldehydes is 1. The molecule has 0 aromatic heterocycles.